The van der Waals surface area contributed by atoms with Gasteiger partial charge >= 0.3 is 0 Å². The maximum Gasteiger partial charge on any atom is 0.164 e. The molecule has 0 bridgehead atoms. The second kappa shape index (κ2) is 11.3. The van der Waals surface area contributed by atoms with E-state index in [-0.39, 0.29) is 5.37 Å². The molecule has 2 aromatic heterocycles. The van der Waals surface area contributed by atoms with E-state index in [1.165, 1.54) is 38.0 Å². The van der Waals surface area contributed by atoms with Crippen LogP contribution in [0.25, 0.3) is 55.8 Å². The Hall–Kier alpha value is -5.20. The highest BCUT2D eigenvalue weighted by molar-refractivity contribution is 8.01. The summed E-state index contributed by atoms with van der Waals surface area (Å²) in [6.07, 6.45) is 17.7. The van der Waals surface area contributed by atoms with Crippen molar-refractivity contribution in [2.75, 3.05) is 5.32 Å². The number of fused-ring (bicyclic) bond motifs is 5. The molecule has 5 nitrogen and oxygen atoms in total. The topological polar surface area (TPSA) is 55.6 Å². The van der Waals surface area contributed by atoms with Gasteiger partial charge in [-0.25, -0.2) is 15.0 Å². The molecule has 3 aliphatic rings. The highest BCUT2D eigenvalue weighted by Gasteiger charge is 2.28. The highest BCUT2D eigenvalue weighted by atomic mass is 32.2. The van der Waals surface area contributed by atoms with Gasteiger partial charge in [0.05, 0.1) is 21.6 Å². The van der Waals surface area contributed by atoms with Crippen LogP contribution < -0.4 is 5.32 Å². The van der Waals surface area contributed by atoms with Crippen molar-refractivity contribution in [3.63, 3.8) is 0 Å². The summed E-state index contributed by atoms with van der Waals surface area (Å²) in [5, 5.41) is 6.55. The van der Waals surface area contributed by atoms with Gasteiger partial charge in [-0.05, 0) is 67.7 Å². The van der Waals surface area contributed by atoms with Crippen LogP contribution in [0.1, 0.15) is 31.5 Å². The lowest BCUT2D eigenvalue weighted by Crippen LogP contribution is -2.12. The number of aromatic nitrogens is 4. The SMILES string of the molecule is C1=CC(c2nc(-c3ccccc3)nc(-c3ccc(-n4c5ccccc5c5ccc6c(c54)SC(C4=CCCC=C4)N6)cc3)n2)=CCC1. The standard InChI is InChI=1S/C40H31N5S/c1-4-12-26(13-5-1)37-42-38(27-14-6-2-7-15-27)44-39(43-37)28-20-22-30(23-21-28)45-34-19-11-10-18-31(34)32-24-25-33-36(35(32)45)46-40(41-33)29-16-8-3-9-17-29/h1,4-6,8,10-25,40-41H,2-3,7,9H2. The van der Waals surface area contributed by atoms with Crippen LogP contribution in [0, 0.1) is 0 Å². The Balaban J connectivity index is 1.16. The Morgan fingerprint density at radius 1 is 0.630 bits per heavy atom. The summed E-state index contributed by atoms with van der Waals surface area (Å²) in [5.41, 5.74) is 9.10. The normalized spacial score (nSPS) is 17.2. The van der Waals surface area contributed by atoms with Crippen LogP contribution in [0.2, 0.25) is 0 Å². The molecule has 3 heterocycles. The summed E-state index contributed by atoms with van der Waals surface area (Å²) < 4.78 is 2.42. The average Bonchev–Trinajstić information content (AvgIpc) is 3.73. The first kappa shape index (κ1) is 27.1. The number of hydrogen-bond acceptors (Lipinski definition) is 5. The van der Waals surface area contributed by atoms with Gasteiger partial charge < -0.3 is 9.88 Å². The van der Waals surface area contributed by atoms with Gasteiger partial charge in [-0.2, -0.15) is 0 Å². The molecule has 0 amide bonds. The molecular formula is C40H31N5S. The van der Waals surface area contributed by atoms with Crippen molar-refractivity contribution in [1.29, 1.82) is 0 Å². The van der Waals surface area contributed by atoms with E-state index in [0.29, 0.717) is 17.5 Å². The Morgan fingerprint density at radius 2 is 1.35 bits per heavy atom. The second-order valence-corrected chi connectivity index (χ2v) is 13.0. The first-order valence-electron chi connectivity index (χ1n) is 16.0. The molecule has 2 aliphatic carbocycles. The number of nitrogens with one attached hydrogen (secondary N) is 1. The van der Waals surface area contributed by atoms with Crippen LogP contribution in [0.3, 0.4) is 0 Å². The molecule has 6 heteroatoms. The van der Waals surface area contributed by atoms with E-state index in [9.17, 15) is 0 Å². The first-order chi connectivity index (χ1) is 22.8. The number of nitrogens with zero attached hydrogens (tertiary/aromatic N) is 4. The zero-order valence-corrected chi connectivity index (χ0v) is 26.0. The van der Waals surface area contributed by atoms with Crippen molar-refractivity contribution in [2.45, 2.75) is 36.0 Å². The van der Waals surface area contributed by atoms with Gasteiger partial charge in [0.1, 0.15) is 5.37 Å². The number of anilines is 1. The van der Waals surface area contributed by atoms with Crippen molar-refractivity contribution in [3.05, 3.63) is 139 Å². The van der Waals surface area contributed by atoms with E-state index in [4.69, 9.17) is 15.0 Å². The van der Waals surface area contributed by atoms with Crippen LogP contribution in [0.4, 0.5) is 5.69 Å². The van der Waals surface area contributed by atoms with Gasteiger partial charge in [0.25, 0.3) is 0 Å². The molecular weight excluding hydrogens is 583 g/mol. The first-order valence-corrected chi connectivity index (χ1v) is 16.8. The van der Waals surface area contributed by atoms with E-state index in [1.807, 2.05) is 30.0 Å². The molecule has 1 unspecified atom stereocenters. The van der Waals surface area contributed by atoms with Gasteiger partial charge in [0.2, 0.25) is 0 Å². The maximum atomic E-state index is 4.97. The van der Waals surface area contributed by atoms with Crippen molar-refractivity contribution in [2.24, 2.45) is 0 Å². The van der Waals surface area contributed by atoms with Crippen molar-refractivity contribution >= 4 is 44.8 Å². The Kier molecular flexibility index (Phi) is 6.67. The number of allylic oxidation sites excluding steroid dienone is 6. The van der Waals surface area contributed by atoms with E-state index in [2.05, 4.69) is 119 Å². The smallest absolute Gasteiger partial charge is 0.164 e. The van der Waals surface area contributed by atoms with Crippen LogP contribution >= 0.6 is 11.8 Å². The number of para-hydroxylation sites is 1. The van der Waals surface area contributed by atoms with Crippen LogP contribution in [0.5, 0.6) is 0 Å². The second-order valence-electron chi connectivity index (χ2n) is 11.9. The average molecular weight is 614 g/mol. The predicted molar refractivity (Wildman–Crippen MR) is 191 cm³/mol. The maximum absolute atomic E-state index is 4.97. The minimum Gasteiger partial charge on any atom is -0.368 e. The predicted octanol–water partition coefficient (Wildman–Crippen LogP) is 10.2. The molecule has 6 aromatic rings. The van der Waals surface area contributed by atoms with Crippen molar-refractivity contribution in [3.8, 4) is 28.5 Å². The monoisotopic (exact) mass is 613 g/mol. The minimum absolute atomic E-state index is 0.219. The molecule has 0 radical (unpaired) electrons. The molecule has 1 N–H and O–H groups in total. The summed E-state index contributed by atoms with van der Waals surface area (Å²) in [5.74, 6) is 2.07. The third-order valence-electron chi connectivity index (χ3n) is 8.94. The highest BCUT2D eigenvalue weighted by Crippen LogP contribution is 2.48. The van der Waals surface area contributed by atoms with Crippen LogP contribution in [-0.4, -0.2) is 24.9 Å². The molecule has 0 fully saturated rings. The van der Waals surface area contributed by atoms with Gasteiger partial charge in [-0.15, -0.1) is 0 Å². The summed E-state index contributed by atoms with van der Waals surface area (Å²) in [4.78, 5) is 16.1. The fourth-order valence-corrected chi connectivity index (χ4v) is 7.99. The Morgan fingerprint density at radius 3 is 2.11 bits per heavy atom. The quantitative estimate of drug-likeness (QED) is 0.210. The van der Waals surface area contributed by atoms with E-state index in [0.717, 1.165) is 48.1 Å². The van der Waals surface area contributed by atoms with E-state index < -0.39 is 0 Å². The Bertz CT molecular complexity index is 2260. The molecule has 1 atom stereocenters. The molecule has 222 valence electrons. The minimum atomic E-state index is 0.219. The van der Waals surface area contributed by atoms with Gasteiger partial charge in [-0.3, -0.25) is 0 Å². The Labute approximate surface area is 272 Å². The summed E-state index contributed by atoms with van der Waals surface area (Å²) in [7, 11) is 0. The lowest BCUT2D eigenvalue weighted by atomic mass is 10.1. The largest absolute Gasteiger partial charge is 0.368 e. The molecule has 1 aliphatic heterocycles. The summed E-state index contributed by atoms with van der Waals surface area (Å²) in [6.45, 7) is 0. The van der Waals surface area contributed by atoms with Gasteiger partial charge in [-0.1, -0.05) is 103 Å². The number of thioether (sulfide) groups is 1. The summed E-state index contributed by atoms with van der Waals surface area (Å²) in [6, 6.07) is 32.1. The zero-order valence-electron chi connectivity index (χ0n) is 25.2. The fourth-order valence-electron chi connectivity index (χ4n) is 6.69. The molecule has 0 saturated carbocycles. The third-order valence-corrected chi connectivity index (χ3v) is 10.2. The fraction of sp³-hybridized carbons (Fsp3) is 0.125. The van der Waals surface area contributed by atoms with Gasteiger partial charge in [0, 0.05) is 33.2 Å². The lowest BCUT2D eigenvalue weighted by Gasteiger charge is -2.14. The number of benzene rings is 4. The van der Waals surface area contributed by atoms with Crippen molar-refractivity contribution in [1.82, 2.24) is 19.5 Å². The third kappa shape index (κ3) is 4.68. The van der Waals surface area contributed by atoms with Gasteiger partial charge in [0.15, 0.2) is 17.5 Å². The molecule has 4 aromatic carbocycles. The number of hydrogen-bond donors (Lipinski definition) is 1. The van der Waals surface area contributed by atoms with Crippen molar-refractivity contribution < 1.29 is 0 Å². The molecule has 46 heavy (non-hydrogen) atoms. The van der Waals surface area contributed by atoms with E-state index in [1.54, 1.807) is 0 Å². The molecule has 0 spiro atoms. The van der Waals surface area contributed by atoms with Crippen LogP contribution in [-0.2, 0) is 0 Å². The molecule has 9 rings (SSSR count). The number of rotatable bonds is 5. The van der Waals surface area contributed by atoms with E-state index >= 15 is 0 Å². The molecule has 0 saturated heterocycles. The van der Waals surface area contributed by atoms with Crippen LogP contribution in [0.15, 0.2) is 138 Å². The lowest BCUT2D eigenvalue weighted by molar-refractivity contribution is 0.996. The zero-order chi connectivity index (χ0) is 30.5. The summed E-state index contributed by atoms with van der Waals surface area (Å²) >= 11 is 1.92.